The van der Waals surface area contributed by atoms with Crippen molar-refractivity contribution < 1.29 is 9.84 Å². The van der Waals surface area contributed by atoms with Crippen molar-refractivity contribution in [2.24, 2.45) is 5.41 Å². The molecule has 22 heavy (non-hydrogen) atoms. The SMILES string of the molecule is COc1cccc([C@@H](N2CCNCC2)C(C)(C)C)c1O.Cl.Cl. The normalized spacial score (nSPS) is 17.1. The van der Waals surface area contributed by atoms with Crippen LogP contribution in [0.3, 0.4) is 0 Å². The molecule has 1 aromatic rings. The number of hydrogen-bond acceptors (Lipinski definition) is 4. The van der Waals surface area contributed by atoms with Gasteiger partial charge in [-0.15, -0.1) is 24.8 Å². The van der Waals surface area contributed by atoms with Gasteiger partial charge >= 0.3 is 0 Å². The molecule has 0 bridgehead atoms. The van der Waals surface area contributed by atoms with Crippen molar-refractivity contribution in [2.75, 3.05) is 33.3 Å². The van der Waals surface area contributed by atoms with Crippen molar-refractivity contribution in [3.63, 3.8) is 0 Å². The van der Waals surface area contributed by atoms with Crippen LogP contribution in [-0.4, -0.2) is 43.3 Å². The highest BCUT2D eigenvalue weighted by Crippen LogP contribution is 2.44. The fraction of sp³-hybridized carbons (Fsp3) is 0.625. The molecule has 1 aromatic carbocycles. The third-order valence-corrected chi connectivity index (χ3v) is 3.88. The first-order valence-electron chi connectivity index (χ1n) is 7.26. The van der Waals surface area contributed by atoms with E-state index in [0.29, 0.717) is 5.75 Å². The van der Waals surface area contributed by atoms with Gasteiger partial charge in [0.1, 0.15) is 0 Å². The fourth-order valence-electron chi connectivity index (χ4n) is 3.08. The molecule has 1 fully saturated rings. The van der Waals surface area contributed by atoms with Gasteiger partial charge in [-0.2, -0.15) is 0 Å². The van der Waals surface area contributed by atoms with Crippen molar-refractivity contribution >= 4 is 24.8 Å². The Morgan fingerprint density at radius 1 is 1.18 bits per heavy atom. The molecule has 0 spiro atoms. The van der Waals surface area contributed by atoms with Crippen LogP contribution in [0.5, 0.6) is 11.5 Å². The molecule has 0 saturated carbocycles. The molecule has 0 aromatic heterocycles. The van der Waals surface area contributed by atoms with E-state index in [2.05, 4.69) is 31.0 Å². The van der Waals surface area contributed by atoms with E-state index in [1.54, 1.807) is 13.2 Å². The van der Waals surface area contributed by atoms with E-state index in [1.807, 2.05) is 12.1 Å². The highest BCUT2D eigenvalue weighted by molar-refractivity contribution is 5.85. The Balaban J connectivity index is 0.00000220. The highest BCUT2D eigenvalue weighted by atomic mass is 35.5. The number of hydrogen-bond donors (Lipinski definition) is 2. The number of nitrogens with one attached hydrogen (secondary N) is 1. The molecule has 1 heterocycles. The monoisotopic (exact) mass is 350 g/mol. The predicted octanol–water partition coefficient (Wildman–Crippen LogP) is 3.24. The molecule has 6 heteroatoms. The number of aromatic hydroxyl groups is 1. The van der Waals surface area contributed by atoms with Crippen LogP contribution in [0, 0.1) is 5.41 Å². The number of ether oxygens (including phenoxy) is 1. The Kier molecular flexibility index (Phi) is 8.55. The molecule has 0 radical (unpaired) electrons. The molecule has 4 nitrogen and oxygen atoms in total. The summed E-state index contributed by atoms with van der Waals surface area (Å²) in [6, 6.07) is 5.95. The Labute approximate surface area is 146 Å². The second kappa shape index (κ2) is 8.82. The molecular formula is C16H28Cl2N2O2. The first-order valence-corrected chi connectivity index (χ1v) is 7.26. The maximum Gasteiger partial charge on any atom is 0.162 e. The summed E-state index contributed by atoms with van der Waals surface area (Å²) in [6.45, 7) is 10.7. The van der Waals surface area contributed by atoms with Gasteiger partial charge < -0.3 is 15.2 Å². The quantitative estimate of drug-likeness (QED) is 0.878. The lowest BCUT2D eigenvalue weighted by Gasteiger charge is -2.42. The van der Waals surface area contributed by atoms with Gasteiger partial charge in [0, 0.05) is 37.8 Å². The Morgan fingerprint density at radius 2 is 1.77 bits per heavy atom. The minimum absolute atomic E-state index is 0. The van der Waals surface area contributed by atoms with Crippen molar-refractivity contribution in [3.05, 3.63) is 23.8 Å². The number of phenols is 1. The summed E-state index contributed by atoms with van der Waals surface area (Å²) >= 11 is 0. The summed E-state index contributed by atoms with van der Waals surface area (Å²) in [5.74, 6) is 0.820. The summed E-state index contributed by atoms with van der Waals surface area (Å²) in [6.07, 6.45) is 0. The first-order chi connectivity index (χ1) is 9.45. The van der Waals surface area contributed by atoms with Crippen molar-refractivity contribution in [1.29, 1.82) is 0 Å². The average molecular weight is 351 g/mol. The third-order valence-electron chi connectivity index (χ3n) is 3.88. The zero-order chi connectivity index (χ0) is 14.8. The first kappa shape index (κ1) is 21.3. The van der Waals surface area contributed by atoms with Crippen molar-refractivity contribution in [1.82, 2.24) is 10.2 Å². The maximum absolute atomic E-state index is 10.5. The lowest BCUT2D eigenvalue weighted by atomic mass is 9.80. The van der Waals surface area contributed by atoms with Gasteiger partial charge in [0.05, 0.1) is 7.11 Å². The number of halogens is 2. The molecule has 2 N–H and O–H groups in total. The molecule has 1 aliphatic heterocycles. The maximum atomic E-state index is 10.5. The molecule has 1 atom stereocenters. The Morgan fingerprint density at radius 3 is 2.27 bits per heavy atom. The van der Waals surface area contributed by atoms with Crippen LogP contribution in [0.25, 0.3) is 0 Å². The zero-order valence-electron chi connectivity index (χ0n) is 13.8. The van der Waals surface area contributed by atoms with Crippen molar-refractivity contribution in [2.45, 2.75) is 26.8 Å². The molecule has 0 unspecified atom stereocenters. The van der Waals surface area contributed by atoms with E-state index in [1.165, 1.54) is 0 Å². The molecular weight excluding hydrogens is 323 g/mol. The molecule has 0 aliphatic carbocycles. The van der Waals surface area contributed by atoms with Gasteiger partial charge in [0.2, 0.25) is 0 Å². The van der Waals surface area contributed by atoms with Crippen LogP contribution in [-0.2, 0) is 0 Å². The van der Waals surface area contributed by atoms with Crippen LogP contribution in [0.15, 0.2) is 18.2 Å². The molecule has 1 saturated heterocycles. The number of nitrogens with zero attached hydrogens (tertiary/aromatic N) is 1. The Hall–Kier alpha value is -0.680. The van der Waals surface area contributed by atoms with Crippen molar-refractivity contribution in [3.8, 4) is 11.5 Å². The smallest absolute Gasteiger partial charge is 0.162 e. The highest BCUT2D eigenvalue weighted by Gasteiger charge is 2.34. The van der Waals surface area contributed by atoms with Gasteiger partial charge in [-0.1, -0.05) is 32.9 Å². The van der Waals surface area contributed by atoms with E-state index in [9.17, 15) is 5.11 Å². The van der Waals surface area contributed by atoms with Crippen LogP contribution in [0.4, 0.5) is 0 Å². The van der Waals surface area contributed by atoms with Crippen LogP contribution in [0.1, 0.15) is 32.4 Å². The standard InChI is InChI=1S/C16H26N2O2.2ClH/c1-16(2,3)15(18-10-8-17-9-11-18)12-6-5-7-13(20-4)14(12)19;;/h5-7,15,17,19H,8-11H2,1-4H3;2*1H/t15-;;/m1../s1. The summed E-state index contributed by atoms with van der Waals surface area (Å²) in [5, 5.41) is 13.9. The molecule has 1 aliphatic rings. The van der Waals surface area contributed by atoms with E-state index >= 15 is 0 Å². The molecule has 128 valence electrons. The van der Waals surface area contributed by atoms with Gasteiger partial charge in [-0.25, -0.2) is 0 Å². The number of phenolic OH excluding ortho intramolecular Hbond substituents is 1. The van der Waals surface area contributed by atoms with Crippen LogP contribution >= 0.6 is 24.8 Å². The average Bonchev–Trinajstić information content (AvgIpc) is 2.41. The second-order valence-electron chi connectivity index (χ2n) is 6.45. The summed E-state index contributed by atoms with van der Waals surface area (Å²) < 4.78 is 5.25. The van der Waals surface area contributed by atoms with Gasteiger partial charge in [-0.05, 0) is 11.5 Å². The molecule has 2 rings (SSSR count). The van der Waals surface area contributed by atoms with Gasteiger partial charge in [-0.3, -0.25) is 4.90 Å². The summed E-state index contributed by atoms with van der Waals surface area (Å²) in [5.41, 5.74) is 1.00. The minimum atomic E-state index is 0. The van der Waals surface area contributed by atoms with E-state index in [4.69, 9.17) is 4.74 Å². The van der Waals surface area contributed by atoms with Crippen LogP contribution < -0.4 is 10.1 Å². The van der Waals surface area contributed by atoms with E-state index < -0.39 is 0 Å². The van der Waals surface area contributed by atoms with Crippen LogP contribution in [0.2, 0.25) is 0 Å². The summed E-state index contributed by atoms with van der Waals surface area (Å²) in [7, 11) is 1.59. The minimum Gasteiger partial charge on any atom is -0.504 e. The zero-order valence-corrected chi connectivity index (χ0v) is 15.4. The van der Waals surface area contributed by atoms with E-state index in [0.717, 1.165) is 31.7 Å². The lowest BCUT2D eigenvalue weighted by Crippen LogP contribution is -2.48. The lowest BCUT2D eigenvalue weighted by molar-refractivity contribution is 0.0839. The third kappa shape index (κ3) is 4.66. The number of methoxy groups -OCH3 is 1. The van der Waals surface area contributed by atoms with E-state index in [-0.39, 0.29) is 42.0 Å². The second-order valence-corrected chi connectivity index (χ2v) is 6.45. The van der Waals surface area contributed by atoms with Gasteiger partial charge in [0.25, 0.3) is 0 Å². The largest absolute Gasteiger partial charge is 0.504 e. The number of benzene rings is 1. The van der Waals surface area contributed by atoms with Gasteiger partial charge in [0.15, 0.2) is 11.5 Å². The number of rotatable bonds is 3. The molecule has 0 amide bonds. The fourth-order valence-corrected chi connectivity index (χ4v) is 3.08. The predicted molar refractivity (Wildman–Crippen MR) is 95.8 cm³/mol. The number of piperazine rings is 1. The topological polar surface area (TPSA) is 44.7 Å². The summed E-state index contributed by atoms with van der Waals surface area (Å²) in [4.78, 5) is 2.45. The number of para-hydroxylation sites is 1. The Bertz CT molecular complexity index is 458.